The molecule has 0 bridgehead atoms. The molecule has 0 unspecified atom stereocenters. The molecule has 1 aliphatic carbocycles. The molecule has 0 saturated heterocycles. The van der Waals surface area contributed by atoms with Crippen molar-refractivity contribution >= 4 is 28.7 Å². The Hall–Kier alpha value is -2.86. The van der Waals surface area contributed by atoms with Gasteiger partial charge in [-0.3, -0.25) is 19.4 Å². The molecule has 0 atom stereocenters. The van der Waals surface area contributed by atoms with Gasteiger partial charge in [0.2, 0.25) is 5.78 Å². The number of thiophene rings is 1. The minimum absolute atomic E-state index is 0.00202. The van der Waals surface area contributed by atoms with Crippen molar-refractivity contribution in [2.45, 2.75) is 6.92 Å². The van der Waals surface area contributed by atoms with E-state index in [0.717, 1.165) is 4.88 Å². The first kappa shape index (κ1) is 13.8. The number of ketones is 3. The highest BCUT2D eigenvalue weighted by atomic mass is 32.1. The fourth-order valence-electron chi connectivity index (χ4n) is 2.65. The zero-order valence-electron chi connectivity index (χ0n) is 12.0. The molecule has 3 aromatic rings. The van der Waals surface area contributed by atoms with E-state index in [0.29, 0.717) is 5.56 Å². The van der Waals surface area contributed by atoms with Gasteiger partial charge >= 0.3 is 0 Å². The highest BCUT2D eigenvalue weighted by Gasteiger charge is 2.37. The number of carbonyl (C=O) groups is 3. The van der Waals surface area contributed by atoms with Crippen molar-refractivity contribution in [3.05, 3.63) is 64.2 Å². The summed E-state index contributed by atoms with van der Waals surface area (Å²) in [6, 6.07) is 6.81. The smallest absolute Gasteiger partial charge is 0.248 e. The lowest BCUT2D eigenvalue weighted by atomic mass is 9.88. The van der Waals surface area contributed by atoms with E-state index >= 15 is 0 Å². The van der Waals surface area contributed by atoms with Gasteiger partial charge in [-0.25, -0.2) is 0 Å². The van der Waals surface area contributed by atoms with Gasteiger partial charge in [0.15, 0.2) is 23.1 Å². The SMILES string of the molecule is CC(=O)c1cc2c(o1)C(=O)c1nccc(-c3cccs3)c1C2=O. The number of hydrogen-bond donors (Lipinski definition) is 0. The van der Waals surface area contributed by atoms with Gasteiger partial charge in [-0.15, -0.1) is 11.3 Å². The molecule has 5 nitrogen and oxygen atoms in total. The lowest BCUT2D eigenvalue weighted by molar-refractivity contribution is 0.0944. The first-order chi connectivity index (χ1) is 11.1. The Balaban J connectivity index is 1.98. The molecule has 3 aromatic heterocycles. The highest BCUT2D eigenvalue weighted by Crippen LogP contribution is 2.36. The number of nitrogens with zero attached hydrogens (tertiary/aromatic N) is 1. The van der Waals surface area contributed by atoms with Crippen LogP contribution in [0.2, 0.25) is 0 Å². The number of fused-ring (bicyclic) bond motifs is 2. The quantitative estimate of drug-likeness (QED) is 0.528. The van der Waals surface area contributed by atoms with E-state index in [1.165, 1.54) is 30.5 Å². The van der Waals surface area contributed by atoms with Crippen molar-refractivity contribution in [3.8, 4) is 10.4 Å². The molecule has 0 fully saturated rings. The topological polar surface area (TPSA) is 77.2 Å². The van der Waals surface area contributed by atoms with E-state index in [4.69, 9.17) is 4.42 Å². The molecule has 0 spiro atoms. The molecule has 0 saturated carbocycles. The first-order valence-electron chi connectivity index (χ1n) is 6.85. The van der Waals surface area contributed by atoms with Crippen LogP contribution in [0.25, 0.3) is 10.4 Å². The molecule has 112 valence electrons. The standard InChI is InChI=1S/C17H9NO4S/c1-8(19)11-7-10-15(20)13-9(12-3-2-6-23-12)4-5-18-14(13)16(21)17(10)22-11/h2-7H,1H3. The molecule has 0 amide bonds. The third-order valence-electron chi connectivity index (χ3n) is 3.71. The number of pyridine rings is 1. The van der Waals surface area contributed by atoms with Crippen molar-refractivity contribution in [2.24, 2.45) is 0 Å². The minimum atomic E-state index is -0.472. The predicted molar refractivity (Wildman–Crippen MR) is 83.1 cm³/mol. The molecule has 0 aromatic carbocycles. The van der Waals surface area contributed by atoms with Crippen LogP contribution in [0.3, 0.4) is 0 Å². The second-order valence-corrected chi connectivity index (χ2v) is 6.07. The zero-order valence-corrected chi connectivity index (χ0v) is 12.8. The van der Waals surface area contributed by atoms with Crippen LogP contribution in [-0.2, 0) is 0 Å². The van der Waals surface area contributed by atoms with Crippen molar-refractivity contribution in [1.29, 1.82) is 0 Å². The minimum Gasteiger partial charge on any atom is -0.449 e. The molecule has 6 heteroatoms. The summed E-state index contributed by atoms with van der Waals surface area (Å²) in [5, 5.41) is 1.90. The van der Waals surface area contributed by atoms with Crippen molar-refractivity contribution in [1.82, 2.24) is 4.98 Å². The summed E-state index contributed by atoms with van der Waals surface area (Å²) in [5.41, 5.74) is 1.12. The Bertz CT molecular complexity index is 982. The van der Waals surface area contributed by atoms with Crippen LogP contribution < -0.4 is 0 Å². The monoisotopic (exact) mass is 323 g/mol. The van der Waals surface area contributed by atoms with Crippen molar-refractivity contribution in [3.63, 3.8) is 0 Å². The third-order valence-corrected chi connectivity index (χ3v) is 4.61. The lowest BCUT2D eigenvalue weighted by Gasteiger charge is -2.15. The second-order valence-electron chi connectivity index (χ2n) is 5.13. The number of Topliss-reactive ketones (excluding diaryl/α,β-unsaturated/α-hetero) is 1. The molecule has 0 aliphatic heterocycles. The van der Waals surface area contributed by atoms with Gasteiger partial charge < -0.3 is 4.42 Å². The Morgan fingerprint density at radius 1 is 1.17 bits per heavy atom. The third kappa shape index (κ3) is 1.92. The highest BCUT2D eigenvalue weighted by molar-refractivity contribution is 7.13. The molecular formula is C17H9NO4S. The van der Waals surface area contributed by atoms with Gasteiger partial charge in [0.1, 0.15) is 5.69 Å². The van der Waals surface area contributed by atoms with Crippen LogP contribution in [0.1, 0.15) is 49.6 Å². The maximum atomic E-state index is 12.8. The molecule has 0 radical (unpaired) electrons. The number of hydrogen-bond acceptors (Lipinski definition) is 6. The molecular weight excluding hydrogens is 314 g/mol. The van der Waals surface area contributed by atoms with Crippen LogP contribution >= 0.6 is 11.3 Å². The summed E-state index contributed by atoms with van der Waals surface area (Å²) in [6.07, 6.45) is 1.50. The molecule has 0 N–H and O–H groups in total. The Morgan fingerprint density at radius 2 is 2.00 bits per heavy atom. The van der Waals surface area contributed by atoms with Crippen LogP contribution in [0, 0.1) is 0 Å². The molecule has 4 rings (SSSR count). The van der Waals surface area contributed by atoms with Crippen LogP contribution in [0.5, 0.6) is 0 Å². The fourth-order valence-corrected chi connectivity index (χ4v) is 3.40. The maximum absolute atomic E-state index is 12.8. The van der Waals surface area contributed by atoms with Gasteiger partial charge in [-0.2, -0.15) is 0 Å². The summed E-state index contributed by atoms with van der Waals surface area (Å²) in [6.45, 7) is 1.32. The number of furan rings is 1. The van der Waals surface area contributed by atoms with E-state index in [1.807, 2.05) is 17.5 Å². The maximum Gasteiger partial charge on any atom is 0.248 e. The summed E-state index contributed by atoms with van der Waals surface area (Å²) < 4.78 is 5.28. The molecule has 1 aliphatic rings. The van der Waals surface area contributed by atoms with Gasteiger partial charge in [-0.05, 0) is 23.6 Å². The Labute approximate surface area is 134 Å². The summed E-state index contributed by atoms with van der Waals surface area (Å²) >= 11 is 1.47. The number of aromatic nitrogens is 1. The number of rotatable bonds is 2. The predicted octanol–water partition coefficient (Wildman–Crippen LogP) is 3.38. The molecule has 3 heterocycles. The first-order valence-corrected chi connectivity index (χ1v) is 7.73. The van der Waals surface area contributed by atoms with Crippen LogP contribution in [-0.4, -0.2) is 22.3 Å². The van der Waals surface area contributed by atoms with Crippen LogP contribution in [0.15, 0.2) is 40.3 Å². The van der Waals surface area contributed by atoms with E-state index in [-0.39, 0.29) is 39.9 Å². The summed E-state index contributed by atoms with van der Waals surface area (Å²) in [4.78, 5) is 41.9. The van der Waals surface area contributed by atoms with Gasteiger partial charge in [0, 0.05) is 23.6 Å². The summed E-state index contributed by atoms with van der Waals surface area (Å²) in [5.74, 6) is -1.26. The zero-order chi connectivity index (χ0) is 16.1. The summed E-state index contributed by atoms with van der Waals surface area (Å²) in [7, 11) is 0. The van der Waals surface area contributed by atoms with Crippen LogP contribution in [0.4, 0.5) is 0 Å². The van der Waals surface area contributed by atoms with E-state index < -0.39 is 5.78 Å². The Kier molecular flexibility index (Phi) is 2.89. The normalized spacial score (nSPS) is 12.9. The Morgan fingerprint density at radius 3 is 2.70 bits per heavy atom. The van der Waals surface area contributed by atoms with Crippen molar-refractivity contribution < 1.29 is 18.8 Å². The average molecular weight is 323 g/mol. The van der Waals surface area contributed by atoms with Crippen molar-refractivity contribution in [2.75, 3.05) is 0 Å². The lowest BCUT2D eigenvalue weighted by Crippen LogP contribution is -2.21. The van der Waals surface area contributed by atoms with Gasteiger partial charge in [0.25, 0.3) is 0 Å². The van der Waals surface area contributed by atoms with E-state index in [2.05, 4.69) is 4.98 Å². The molecule has 23 heavy (non-hydrogen) atoms. The van der Waals surface area contributed by atoms with E-state index in [9.17, 15) is 14.4 Å². The van der Waals surface area contributed by atoms with E-state index in [1.54, 1.807) is 6.07 Å². The number of carbonyl (C=O) groups excluding carboxylic acids is 3. The van der Waals surface area contributed by atoms with Gasteiger partial charge in [0.05, 0.1) is 11.1 Å². The van der Waals surface area contributed by atoms with Gasteiger partial charge in [-0.1, -0.05) is 6.07 Å². The largest absolute Gasteiger partial charge is 0.449 e. The average Bonchev–Trinajstić information content (AvgIpc) is 3.21. The second kappa shape index (κ2) is 4.82. The fraction of sp³-hybridized carbons (Fsp3) is 0.0588.